The first kappa shape index (κ1) is 12.9. The van der Waals surface area contributed by atoms with Gasteiger partial charge in [-0.3, -0.25) is 0 Å². The van der Waals surface area contributed by atoms with Crippen LogP contribution in [0, 0.1) is 0 Å². The molecule has 16 heavy (non-hydrogen) atoms. The monoisotopic (exact) mass is 222 g/mol. The molecule has 0 saturated carbocycles. The number of nitrogens with one attached hydrogen (secondary N) is 2. The average molecular weight is 222 g/mol. The second kappa shape index (κ2) is 6.43. The molecule has 0 fully saturated rings. The van der Waals surface area contributed by atoms with Gasteiger partial charge in [0, 0.05) is 19.0 Å². The zero-order valence-corrected chi connectivity index (χ0v) is 10.7. The zero-order chi connectivity index (χ0) is 12.0. The van der Waals surface area contributed by atoms with Crippen LogP contribution in [-0.4, -0.2) is 23.6 Å². The quantitative estimate of drug-likeness (QED) is 0.774. The maximum Gasteiger partial charge on any atom is 0.131 e. The molecule has 0 saturated heterocycles. The van der Waals surface area contributed by atoms with E-state index in [1.54, 1.807) is 0 Å². The van der Waals surface area contributed by atoms with E-state index in [-0.39, 0.29) is 0 Å². The molecule has 0 spiro atoms. The fourth-order valence-corrected chi connectivity index (χ4v) is 1.42. The van der Waals surface area contributed by atoms with E-state index in [4.69, 9.17) is 0 Å². The molecule has 0 aromatic carbocycles. The predicted octanol–water partition coefficient (Wildman–Crippen LogP) is 2.14. The molecule has 0 amide bonds. The van der Waals surface area contributed by atoms with Gasteiger partial charge in [-0.25, -0.2) is 9.97 Å². The van der Waals surface area contributed by atoms with Crippen molar-refractivity contribution in [2.75, 3.05) is 18.9 Å². The normalized spacial score (nSPS) is 10.8. The summed E-state index contributed by atoms with van der Waals surface area (Å²) in [6.45, 7) is 8.10. The second-order valence-corrected chi connectivity index (χ2v) is 4.20. The van der Waals surface area contributed by atoms with E-state index in [0.29, 0.717) is 5.92 Å². The van der Waals surface area contributed by atoms with Crippen LogP contribution in [0.2, 0.25) is 0 Å². The lowest BCUT2D eigenvalue weighted by Crippen LogP contribution is -2.14. The lowest BCUT2D eigenvalue weighted by Gasteiger charge is -2.12. The van der Waals surface area contributed by atoms with Gasteiger partial charge in [0.15, 0.2) is 0 Å². The number of hydrogen-bond acceptors (Lipinski definition) is 4. The van der Waals surface area contributed by atoms with Gasteiger partial charge in [-0.2, -0.15) is 0 Å². The highest BCUT2D eigenvalue weighted by Gasteiger charge is 2.08. The van der Waals surface area contributed by atoms with E-state index in [1.165, 1.54) is 0 Å². The molecule has 0 radical (unpaired) electrons. The van der Waals surface area contributed by atoms with Crippen LogP contribution in [-0.2, 0) is 6.54 Å². The van der Waals surface area contributed by atoms with Crippen LogP contribution in [0.25, 0.3) is 0 Å². The minimum absolute atomic E-state index is 0.371. The standard InChI is InChI=1S/C12H22N4/c1-5-6-14-10-8-15-12(9(2)3)16-11(10)7-13-4/h8-9,13-14H,5-7H2,1-4H3. The Balaban J connectivity index is 2.89. The lowest BCUT2D eigenvalue weighted by atomic mass is 10.2. The van der Waals surface area contributed by atoms with Crippen LogP contribution in [0.4, 0.5) is 5.69 Å². The van der Waals surface area contributed by atoms with Gasteiger partial charge in [-0.05, 0) is 13.5 Å². The number of rotatable bonds is 6. The first-order valence-corrected chi connectivity index (χ1v) is 5.93. The van der Waals surface area contributed by atoms with Gasteiger partial charge in [-0.1, -0.05) is 20.8 Å². The van der Waals surface area contributed by atoms with Crippen molar-refractivity contribution in [3.05, 3.63) is 17.7 Å². The highest BCUT2D eigenvalue weighted by Crippen LogP contribution is 2.16. The Morgan fingerprint density at radius 1 is 1.38 bits per heavy atom. The van der Waals surface area contributed by atoms with Crippen LogP contribution in [0.1, 0.15) is 44.6 Å². The topological polar surface area (TPSA) is 49.8 Å². The van der Waals surface area contributed by atoms with Crippen LogP contribution in [0.15, 0.2) is 6.20 Å². The van der Waals surface area contributed by atoms with Crippen molar-refractivity contribution >= 4 is 5.69 Å². The summed E-state index contributed by atoms with van der Waals surface area (Å²) in [5.41, 5.74) is 2.09. The Morgan fingerprint density at radius 2 is 2.12 bits per heavy atom. The van der Waals surface area contributed by atoms with E-state index in [9.17, 15) is 0 Å². The smallest absolute Gasteiger partial charge is 0.131 e. The van der Waals surface area contributed by atoms with Crippen molar-refractivity contribution in [1.29, 1.82) is 0 Å². The fraction of sp³-hybridized carbons (Fsp3) is 0.667. The molecule has 2 N–H and O–H groups in total. The third-order valence-corrected chi connectivity index (χ3v) is 2.31. The number of hydrogen-bond donors (Lipinski definition) is 2. The third-order valence-electron chi connectivity index (χ3n) is 2.31. The van der Waals surface area contributed by atoms with Gasteiger partial charge in [0.1, 0.15) is 5.82 Å². The molecule has 4 heteroatoms. The molecule has 0 aliphatic carbocycles. The highest BCUT2D eigenvalue weighted by molar-refractivity contribution is 5.46. The summed E-state index contributed by atoms with van der Waals surface area (Å²) in [5, 5.41) is 6.49. The first-order chi connectivity index (χ1) is 7.69. The summed E-state index contributed by atoms with van der Waals surface area (Å²) in [7, 11) is 1.93. The molecule has 1 aromatic rings. The molecule has 1 rings (SSSR count). The van der Waals surface area contributed by atoms with Gasteiger partial charge in [0.25, 0.3) is 0 Å². The van der Waals surface area contributed by atoms with Crippen molar-refractivity contribution in [3.63, 3.8) is 0 Å². The SMILES string of the molecule is CCCNc1cnc(C(C)C)nc1CNC. The van der Waals surface area contributed by atoms with Crippen LogP contribution in [0.5, 0.6) is 0 Å². The summed E-state index contributed by atoms with van der Waals surface area (Å²) in [6, 6.07) is 0. The van der Waals surface area contributed by atoms with E-state index in [0.717, 1.165) is 36.7 Å². The molecule has 0 aliphatic heterocycles. The van der Waals surface area contributed by atoms with Crippen molar-refractivity contribution in [2.45, 2.75) is 39.7 Å². The van der Waals surface area contributed by atoms with Crippen molar-refractivity contribution in [3.8, 4) is 0 Å². The lowest BCUT2D eigenvalue weighted by molar-refractivity contribution is 0.727. The number of anilines is 1. The maximum absolute atomic E-state index is 4.58. The van der Waals surface area contributed by atoms with E-state index in [1.807, 2.05) is 13.2 Å². The summed E-state index contributed by atoms with van der Waals surface area (Å²) in [6.07, 6.45) is 3.00. The summed E-state index contributed by atoms with van der Waals surface area (Å²) in [4.78, 5) is 8.95. The van der Waals surface area contributed by atoms with E-state index < -0.39 is 0 Å². The molecule has 4 nitrogen and oxygen atoms in total. The zero-order valence-electron chi connectivity index (χ0n) is 10.7. The van der Waals surface area contributed by atoms with E-state index in [2.05, 4.69) is 41.4 Å². The van der Waals surface area contributed by atoms with Gasteiger partial charge in [0.05, 0.1) is 17.6 Å². The van der Waals surface area contributed by atoms with Crippen LogP contribution < -0.4 is 10.6 Å². The average Bonchev–Trinajstić information content (AvgIpc) is 2.27. The maximum atomic E-state index is 4.58. The molecule has 0 bridgehead atoms. The van der Waals surface area contributed by atoms with Crippen molar-refractivity contribution < 1.29 is 0 Å². The molecule has 1 aromatic heterocycles. The minimum Gasteiger partial charge on any atom is -0.382 e. The molecule has 90 valence electrons. The summed E-state index contributed by atoms with van der Waals surface area (Å²) < 4.78 is 0. The predicted molar refractivity (Wildman–Crippen MR) is 67.7 cm³/mol. The molecule has 0 atom stereocenters. The van der Waals surface area contributed by atoms with Crippen molar-refractivity contribution in [2.24, 2.45) is 0 Å². The Bertz CT molecular complexity index is 323. The van der Waals surface area contributed by atoms with Gasteiger partial charge >= 0.3 is 0 Å². The third kappa shape index (κ3) is 3.45. The first-order valence-electron chi connectivity index (χ1n) is 5.93. The Hall–Kier alpha value is -1.16. The van der Waals surface area contributed by atoms with E-state index >= 15 is 0 Å². The van der Waals surface area contributed by atoms with Crippen molar-refractivity contribution in [1.82, 2.24) is 15.3 Å². The Labute approximate surface area is 97.9 Å². The minimum atomic E-state index is 0.371. The molecule has 0 aliphatic rings. The molecular formula is C12H22N4. The van der Waals surface area contributed by atoms with Crippen LogP contribution in [0.3, 0.4) is 0 Å². The second-order valence-electron chi connectivity index (χ2n) is 4.20. The highest BCUT2D eigenvalue weighted by atomic mass is 15.0. The van der Waals surface area contributed by atoms with Gasteiger partial charge in [0.2, 0.25) is 0 Å². The Morgan fingerprint density at radius 3 is 2.69 bits per heavy atom. The molecule has 1 heterocycles. The fourth-order valence-electron chi connectivity index (χ4n) is 1.42. The number of nitrogens with zero attached hydrogens (tertiary/aromatic N) is 2. The largest absolute Gasteiger partial charge is 0.382 e. The molecular weight excluding hydrogens is 200 g/mol. The van der Waals surface area contributed by atoms with Gasteiger partial charge in [-0.15, -0.1) is 0 Å². The summed E-state index contributed by atoms with van der Waals surface area (Å²) >= 11 is 0. The summed E-state index contributed by atoms with van der Waals surface area (Å²) in [5.74, 6) is 1.28. The number of aromatic nitrogens is 2. The van der Waals surface area contributed by atoms with Gasteiger partial charge < -0.3 is 10.6 Å². The molecule has 0 unspecified atom stereocenters. The van der Waals surface area contributed by atoms with Crippen LogP contribution >= 0.6 is 0 Å². The Kier molecular flexibility index (Phi) is 5.19.